The van der Waals surface area contributed by atoms with Crippen LogP contribution in [0.4, 0.5) is 10.5 Å². The van der Waals surface area contributed by atoms with Crippen LogP contribution in [0.3, 0.4) is 0 Å². The smallest absolute Gasteiger partial charge is 0.321 e. The van der Waals surface area contributed by atoms with Gasteiger partial charge in [0, 0.05) is 24.8 Å². The molecular formula is C21H25N3O3. The van der Waals surface area contributed by atoms with E-state index in [4.69, 9.17) is 4.74 Å². The maximum Gasteiger partial charge on any atom is 0.321 e. The first kappa shape index (κ1) is 18.9. The SMILES string of the molecule is O=C(COCc1ccccc1)NC1CCN(C(=O)Nc2ccccc2)CC1. The standard InChI is InChI=1S/C21H25N3O3/c25-20(16-27-15-17-7-3-1-4-8-17)22-19-11-13-24(14-12-19)21(26)23-18-9-5-2-6-10-18/h1-10,19H,11-16H2,(H,22,25)(H,23,26). The summed E-state index contributed by atoms with van der Waals surface area (Å²) in [6.07, 6.45) is 1.49. The van der Waals surface area contributed by atoms with E-state index in [2.05, 4.69) is 10.6 Å². The number of piperidine rings is 1. The molecule has 1 heterocycles. The number of anilines is 1. The zero-order chi connectivity index (χ0) is 18.9. The zero-order valence-corrected chi connectivity index (χ0v) is 15.3. The van der Waals surface area contributed by atoms with E-state index < -0.39 is 0 Å². The molecule has 0 bridgehead atoms. The van der Waals surface area contributed by atoms with Crippen LogP contribution >= 0.6 is 0 Å². The van der Waals surface area contributed by atoms with E-state index in [1.165, 1.54) is 0 Å². The van der Waals surface area contributed by atoms with Gasteiger partial charge < -0.3 is 20.3 Å². The second kappa shape index (κ2) is 9.73. The quantitative estimate of drug-likeness (QED) is 0.824. The monoisotopic (exact) mass is 367 g/mol. The number of para-hydroxylation sites is 1. The fourth-order valence-corrected chi connectivity index (χ4v) is 3.06. The summed E-state index contributed by atoms with van der Waals surface area (Å²) in [6, 6.07) is 19.2. The van der Waals surface area contributed by atoms with Crippen LogP contribution in [0.1, 0.15) is 18.4 Å². The lowest BCUT2D eigenvalue weighted by Gasteiger charge is -2.32. The van der Waals surface area contributed by atoms with Gasteiger partial charge in [0.05, 0.1) is 6.61 Å². The fourth-order valence-electron chi connectivity index (χ4n) is 3.06. The molecular weight excluding hydrogens is 342 g/mol. The van der Waals surface area contributed by atoms with Crippen LogP contribution in [0, 0.1) is 0 Å². The Hall–Kier alpha value is -2.86. The van der Waals surface area contributed by atoms with E-state index in [-0.39, 0.29) is 24.6 Å². The number of nitrogens with one attached hydrogen (secondary N) is 2. The number of likely N-dealkylation sites (tertiary alicyclic amines) is 1. The van der Waals surface area contributed by atoms with E-state index in [0.717, 1.165) is 24.1 Å². The van der Waals surface area contributed by atoms with Crippen molar-refractivity contribution in [3.05, 3.63) is 66.2 Å². The zero-order valence-electron chi connectivity index (χ0n) is 15.3. The number of urea groups is 1. The van der Waals surface area contributed by atoms with Crippen molar-refractivity contribution in [2.24, 2.45) is 0 Å². The topological polar surface area (TPSA) is 70.7 Å². The number of hydrogen-bond donors (Lipinski definition) is 2. The summed E-state index contributed by atoms with van der Waals surface area (Å²) in [5.74, 6) is -0.113. The highest BCUT2D eigenvalue weighted by molar-refractivity contribution is 5.89. The summed E-state index contributed by atoms with van der Waals surface area (Å²) in [4.78, 5) is 26.1. The minimum absolute atomic E-state index is 0.0452. The highest BCUT2D eigenvalue weighted by atomic mass is 16.5. The van der Waals surface area contributed by atoms with E-state index in [0.29, 0.717) is 19.7 Å². The molecule has 0 atom stereocenters. The Morgan fingerprint density at radius 1 is 0.963 bits per heavy atom. The molecule has 3 rings (SSSR count). The number of amides is 3. The van der Waals surface area contributed by atoms with E-state index in [9.17, 15) is 9.59 Å². The van der Waals surface area contributed by atoms with Gasteiger partial charge in [0.2, 0.25) is 5.91 Å². The minimum Gasteiger partial charge on any atom is -0.367 e. The van der Waals surface area contributed by atoms with Crippen LogP contribution in [0.25, 0.3) is 0 Å². The third kappa shape index (κ3) is 6.11. The van der Waals surface area contributed by atoms with Gasteiger partial charge in [0.25, 0.3) is 0 Å². The number of benzene rings is 2. The molecule has 6 heteroatoms. The van der Waals surface area contributed by atoms with E-state index >= 15 is 0 Å². The highest BCUT2D eigenvalue weighted by Gasteiger charge is 2.23. The van der Waals surface area contributed by atoms with Gasteiger partial charge in [0.15, 0.2) is 0 Å². The predicted octanol–water partition coefficient (Wildman–Crippen LogP) is 3.02. The first-order valence-electron chi connectivity index (χ1n) is 9.23. The lowest BCUT2D eigenvalue weighted by Crippen LogP contribution is -2.48. The second-order valence-corrected chi connectivity index (χ2v) is 6.60. The molecule has 0 spiro atoms. The van der Waals surface area contributed by atoms with Crippen LogP contribution < -0.4 is 10.6 Å². The minimum atomic E-state index is -0.113. The third-order valence-electron chi connectivity index (χ3n) is 4.52. The van der Waals surface area contributed by atoms with Gasteiger partial charge in [-0.05, 0) is 30.5 Å². The summed E-state index contributed by atoms with van der Waals surface area (Å²) in [7, 11) is 0. The van der Waals surface area contributed by atoms with Gasteiger partial charge in [-0.3, -0.25) is 4.79 Å². The average molecular weight is 367 g/mol. The number of carbonyl (C=O) groups excluding carboxylic acids is 2. The Kier molecular flexibility index (Phi) is 6.82. The summed E-state index contributed by atoms with van der Waals surface area (Å²) in [5, 5.41) is 5.88. The Bertz CT molecular complexity index is 729. The maximum absolute atomic E-state index is 12.3. The van der Waals surface area contributed by atoms with E-state index in [1.807, 2.05) is 60.7 Å². The fraction of sp³-hybridized carbons (Fsp3) is 0.333. The molecule has 0 aliphatic carbocycles. The Morgan fingerprint density at radius 2 is 1.59 bits per heavy atom. The largest absolute Gasteiger partial charge is 0.367 e. The van der Waals surface area contributed by atoms with Crippen LogP contribution in [0.5, 0.6) is 0 Å². The third-order valence-corrected chi connectivity index (χ3v) is 4.52. The molecule has 6 nitrogen and oxygen atoms in total. The van der Waals surface area contributed by atoms with E-state index in [1.54, 1.807) is 4.90 Å². The molecule has 3 amide bonds. The van der Waals surface area contributed by atoms with Crippen molar-refractivity contribution in [3.63, 3.8) is 0 Å². The molecule has 142 valence electrons. The number of rotatable bonds is 6. The molecule has 1 saturated heterocycles. The first-order chi connectivity index (χ1) is 13.2. The van der Waals surface area contributed by atoms with Crippen LogP contribution in [-0.4, -0.2) is 42.6 Å². The highest BCUT2D eigenvalue weighted by Crippen LogP contribution is 2.13. The first-order valence-corrected chi connectivity index (χ1v) is 9.23. The Morgan fingerprint density at radius 3 is 2.26 bits per heavy atom. The Balaban J connectivity index is 1.34. The predicted molar refractivity (Wildman–Crippen MR) is 104 cm³/mol. The van der Waals surface area contributed by atoms with Crippen LogP contribution in [0.15, 0.2) is 60.7 Å². The average Bonchev–Trinajstić information content (AvgIpc) is 2.70. The van der Waals surface area contributed by atoms with Crippen molar-refractivity contribution in [2.45, 2.75) is 25.5 Å². The van der Waals surface area contributed by atoms with Gasteiger partial charge in [-0.25, -0.2) is 4.79 Å². The second-order valence-electron chi connectivity index (χ2n) is 6.60. The van der Waals surface area contributed by atoms with Crippen LogP contribution in [-0.2, 0) is 16.1 Å². The van der Waals surface area contributed by atoms with Crippen LogP contribution in [0.2, 0.25) is 0 Å². The Labute approximate surface area is 159 Å². The molecule has 2 aromatic rings. The molecule has 0 saturated carbocycles. The lowest BCUT2D eigenvalue weighted by atomic mass is 10.1. The van der Waals surface area contributed by atoms with Gasteiger partial charge in [-0.1, -0.05) is 48.5 Å². The molecule has 2 aromatic carbocycles. The molecule has 1 aliphatic heterocycles. The summed E-state index contributed by atoms with van der Waals surface area (Å²) >= 11 is 0. The summed E-state index contributed by atoms with van der Waals surface area (Å²) in [5.41, 5.74) is 1.83. The number of carbonyl (C=O) groups is 2. The van der Waals surface area contributed by atoms with Gasteiger partial charge in [-0.2, -0.15) is 0 Å². The van der Waals surface area contributed by atoms with Crippen molar-refractivity contribution < 1.29 is 14.3 Å². The molecule has 0 aromatic heterocycles. The number of hydrogen-bond acceptors (Lipinski definition) is 3. The molecule has 1 fully saturated rings. The molecule has 27 heavy (non-hydrogen) atoms. The van der Waals surface area contributed by atoms with Crippen molar-refractivity contribution in [1.29, 1.82) is 0 Å². The molecule has 2 N–H and O–H groups in total. The van der Waals surface area contributed by atoms with Crippen molar-refractivity contribution >= 4 is 17.6 Å². The van der Waals surface area contributed by atoms with Crippen molar-refractivity contribution in [1.82, 2.24) is 10.2 Å². The van der Waals surface area contributed by atoms with Crippen molar-refractivity contribution in [2.75, 3.05) is 25.0 Å². The normalized spacial score (nSPS) is 14.6. The maximum atomic E-state index is 12.3. The molecule has 0 radical (unpaired) electrons. The van der Waals surface area contributed by atoms with Gasteiger partial charge >= 0.3 is 6.03 Å². The molecule has 1 aliphatic rings. The van der Waals surface area contributed by atoms with Crippen molar-refractivity contribution in [3.8, 4) is 0 Å². The number of ether oxygens (including phenoxy) is 1. The van der Waals surface area contributed by atoms with Gasteiger partial charge in [-0.15, -0.1) is 0 Å². The molecule has 0 unspecified atom stereocenters. The summed E-state index contributed by atoms with van der Waals surface area (Å²) < 4.78 is 5.46. The van der Waals surface area contributed by atoms with Gasteiger partial charge in [0.1, 0.15) is 6.61 Å². The lowest BCUT2D eigenvalue weighted by molar-refractivity contribution is -0.127. The summed E-state index contributed by atoms with van der Waals surface area (Å²) in [6.45, 7) is 1.71. The number of nitrogens with zero attached hydrogens (tertiary/aromatic N) is 1.